The zero-order chi connectivity index (χ0) is 17.7. The average Bonchev–Trinajstić information content (AvgIpc) is 3.27. The first-order valence-electron chi connectivity index (χ1n) is 9.66. The van der Waals surface area contributed by atoms with Gasteiger partial charge in [0.25, 0.3) is 0 Å². The van der Waals surface area contributed by atoms with Gasteiger partial charge in [-0.15, -0.1) is 24.0 Å². The fourth-order valence-electron chi connectivity index (χ4n) is 3.73. The van der Waals surface area contributed by atoms with Crippen LogP contribution < -0.4 is 10.6 Å². The molecule has 1 atom stereocenters. The molecule has 1 aromatic rings. The fraction of sp³-hybridized carbons (Fsp3) is 0.650. The van der Waals surface area contributed by atoms with E-state index >= 15 is 0 Å². The normalized spacial score (nSPS) is 22.0. The predicted octanol–water partition coefficient (Wildman–Crippen LogP) is 3.37. The van der Waals surface area contributed by atoms with Crippen molar-refractivity contribution in [3.05, 3.63) is 35.6 Å². The maximum Gasteiger partial charge on any atom is 0.191 e. The number of benzene rings is 1. The fourth-order valence-corrected chi connectivity index (χ4v) is 3.73. The molecule has 1 aliphatic carbocycles. The zero-order valence-electron chi connectivity index (χ0n) is 15.9. The number of nitrogens with one attached hydrogen (secondary N) is 2. The van der Waals surface area contributed by atoms with E-state index < -0.39 is 0 Å². The van der Waals surface area contributed by atoms with E-state index in [1.807, 2.05) is 12.1 Å². The Morgan fingerprint density at radius 1 is 1.27 bits per heavy atom. The van der Waals surface area contributed by atoms with Gasteiger partial charge < -0.3 is 15.5 Å². The van der Waals surface area contributed by atoms with Crippen LogP contribution in [0.25, 0.3) is 0 Å². The molecule has 26 heavy (non-hydrogen) atoms. The molecule has 146 valence electrons. The van der Waals surface area contributed by atoms with E-state index in [-0.39, 0.29) is 35.2 Å². The minimum atomic E-state index is -0.0984. The lowest BCUT2D eigenvalue weighted by molar-refractivity contribution is 0.342. The minimum Gasteiger partial charge on any atom is -0.357 e. The second kappa shape index (κ2) is 9.88. The van der Waals surface area contributed by atoms with E-state index in [2.05, 4.69) is 29.4 Å². The monoisotopic (exact) mass is 474 g/mol. The Labute approximate surface area is 174 Å². The molecule has 1 saturated heterocycles. The summed E-state index contributed by atoms with van der Waals surface area (Å²) in [6, 6.07) is 7.15. The van der Waals surface area contributed by atoms with Crippen molar-refractivity contribution in [2.24, 2.45) is 10.9 Å². The van der Waals surface area contributed by atoms with Crippen LogP contribution in [0.5, 0.6) is 0 Å². The van der Waals surface area contributed by atoms with Gasteiger partial charge in [-0.1, -0.05) is 25.1 Å². The molecule has 1 saturated carbocycles. The molecule has 0 spiro atoms. The summed E-state index contributed by atoms with van der Waals surface area (Å²) in [5.74, 6) is 1.45. The Kier molecular flexibility index (Phi) is 8.13. The van der Waals surface area contributed by atoms with E-state index in [1.54, 1.807) is 12.1 Å². The van der Waals surface area contributed by atoms with Gasteiger partial charge in [0, 0.05) is 25.0 Å². The van der Waals surface area contributed by atoms with Gasteiger partial charge in [0.05, 0.1) is 6.54 Å². The Morgan fingerprint density at radius 2 is 2.04 bits per heavy atom. The van der Waals surface area contributed by atoms with Crippen molar-refractivity contribution >= 4 is 29.9 Å². The van der Waals surface area contributed by atoms with Crippen LogP contribution in [0.3, 0.4) is 0 Å². The molecular weight excluding hydrogens is 442 g/mol. The van der Waals surface area contributed by atoms with Gasteiger partial charge in [-0.25, -0.2) is 4.39 Å². The van der Waals surface area contributed by atoms with Gasteiger partial charge in [0.15, 0.2) is 5.96 Å². The lowest BCUT2D eigenvalue weighted by Gasteiger charge is -2.18. The van der Waals surface area contributed by atoms with Crippen LogP contribution in [0.1, 0.15) is 38.7 Å². The second-order valence-electron chi connectivity index (χ2n) is 7.38. The first-order chi connectivity index (χ1) is 12.2. The molecule has 0 amide bonds. The molecule has 1 heterocycles. The molecule has 0 bridgehead atoms. The van der Waals surface area contributed by atoms with E-state index in [1.165, 1.54) is 19.5 Å². The number of hydrogen-bond acceptors (Lipinski definition) is 2. The van der Waals surface area contributed by atoms with Gasteiger partial charge in [0.2, 0.25) is 0 Å². The molecule has 1 unspecified atom stereocenters. The zero-order valence-corrected chi connectivity index (χ0v) is 18.3. The van der Waals surface area contributed by atoms with Gasteiger partial charge >= 0.3 is 0 Å². The first-order valence-corrected chi connectivity index (χ1v) is 9.66. The van der Waals surface area contributed by atoms with Crippen molar-refractivity contribution in [1.29, 1.82) is 0 Å². The number of likely N-dealkylation sites (tertiary alicyclic amines) is 1. The Bertz CT molecular complexity index is 603. The summed E-state index contributed by atoms with van der Waals surface area (Å²) in [6.45, 7) is 10.2. The third-order valence-electron chi connectivity index (χ3n) is 5.56. The summed E-state index contributed by atoms with van der Waals surface area (Å²) in [7, 11) is 0. The standard InChI is InChI=1S/C20H31FN4.HI/c1-3-22-19(23-13-16-9-12-25(4-2)14-16)24-15-20(10-11-20)17-7-5-6-8-18(17)21;/h5-8,16H,3-4,9-15H2,1-2H3,(H2,22,23,24);1H. The summed E-state index contributed by atoms with van der Waals surface area (Å²) >= 11 is 0. The van der Waals surface area contributed by atoms with Gasteiger partial charge in [0.1, 0.15) is 5.82 Å². The number of guanidine groups is 1. The SMILES string of the molecule is CCNC(=NCC1(c2ccccc2F)CC1)NCC1CCN(CC)C1.I. The first kappa shape index (κ1) is 21.4. The average molecular weight is 474 g/mol. The third-order valence-corrected chi connectivity index (χ3v) is 5.56. The third kappa shape index (κ3) is 5.31. The smallest absolute Gasteiger partial charge is 0.191 e. The van der Waals surface area contributed by atoms with Crippen LogP contribution in [0, 0.1) is 11.7 Å². The van der Waals surface area contributed by atoms with E-state index in [0.717, 1.165) is 44.0 Å². The van der Waals surface area contributed by atoms with Crippen molar-refractivity contribution in [3.63, 3.8) is 0 Å². The molecule has 4 nitrogen and oxygen atoms in total. The van der Waals surface area contributed by atoms with E-state index in [4.69, 9.17) is 4.99 Å². The van der Waals surface area contributed by atoms with Crippen molar-refractivity contribution in [3.8, 4) is 0 Å². The molecule has 3 rings (SSSR count). The molecule has 2 N–H and O–H groups in total. The molecule has 2 aliphatic rings. The molecule has 2 fully saturated rings. The van der Waals surface area contributed by atoms with E-state index in [0.29, 0.717) is 12.5 Å². The largest absolute Gasteiger partial charge is 0.357 e. The summed E-state index contributed by atoms with van der Waals surface area (Å²) in [6.07, 6.45) is 3.29. The highest BCUT2D eigenvalue weighted by atomic mass is 127. The van der Waals surface area contributed by atoms with Crippen LogP contribution in [0.15, 0.2) is 29.3 Å². The minimum absolute atomic E-state index is 0. The number of hydrogen-bond donors (Lipinski definition) is 2. The molecular formula is C20H32FIN4. The van der Waals surface area contributed by atoms with Crippen molar-refractivity contribution in [1.82, 2.24) is 15.5 Å². The maximum atomic E-state index is 14.1. The quantitative estimate of drug-likeness (QED) is 0.362. The number of halogens is 2. The lowest BCUT2D eigenvalue weighted by atomic mass is 9.95. The van der Waals surface area contributed by atoms with Gasteiger partial charge in [-0.2, -0.15) is 0 Å². The summed E-state index contributed by atoms with van der Waals surface area (Å²) in [5, 5.41) is 6.82. The molecule has 1 aromatic carbocycles. The molecule has 0 radical (unpaired) electrons. The Morgan fingerprint density at radius 3 is 2.65 bits per heavy atom. The summed E-state index contributed by atoms with van der Waals surface area (Å²) in [5.41, 5.74) is 0.726. The lowest BCUT2D eigenvalue weighted by Crippen LogP contribution is -2.40. The predicted molar refractivity (Wildman–Crippen MR) is 117 cm³/mol. The topological polar surface area (TPSA) is 39.7 Å². The number of rotatable bonds is 7. The molecule has 1 aliphatic heterocycles. The highest BCUT2D eigenvalue weighted by molar-refractivity contribution is 14.0. The van der Waals surface area contributed by atoms with Crippen molar-refractivity contribution < 1.29 is 4.39 Å². The Hall–Kier alpha value is -0.890. The highest BCUT2D eigenvalue weighted by Gasteiger charge is 2.45. The van der Waals surface area contributed by atoms with Crippen LogP contribution in [0.2, 0.25) is 0 Å². The van der Waals surface area contributed by atoms with Crippen LogP contribution in [-0.4, -0.2) is 50.1 Å². The number of aliphatic imine (C=N–C) groups is 1. The van der Waals surface area contributed by atoms with Gasteiger partial charge in [-0.05, 0) is 56.8 Å². The Balaban J connectivity index is 0.00000243. The maximum absolute atomic E-state index is 14.1. The summed E-state index contributed by atoms with van der Waals surface area (Å²) < 4.78 is 14.1. The van der Waals surface area contributed by atoms with Crippen LogP contribution >= 0.6 is 24.0 Å². The number of nitrogens with zero attached hydrogens (tertiary/aromatic N) is 2. The van der Waals surface area contributed by atoms with Crippen LogP contribution in [-0.2, 0) is 5.41 Å². The van der Waals surface area contributed by atoms with Crippen molar-refractivity contribution in [2.45, 2.75) is 38.5 Å². The van der Waals surface area contributed by atoms with Crippen molar-refractivity contribution in [2.75, 3.05) is 39.3 Å². The highest BCUT2D eigenvalue weighted by Crippen LogP contribution is 2.49. The van der Waals surface area contributed by atoms with Crippen LogP contribution in [0.4, 0.5) is 4.39 Å². The van der Waals surface area contributed by atoms with E-state index in [9.17, 15) is 4.39 Å². The molecule has 0 aromatic heterocycles. The summed E-state index contributed by atoms with van der Waals surface area (Å²) in [4.78, 5) is 7.27. The second-order valence-corrected chi connectivity index (χ2v) is 7.38. The van der Waals surface area contributed by atoms with Gasteiger partial charge in [-0.3, -0.25) is 4.99 Å². The molecule has 6 heteroatoms.